The number of amides is 3. The van der Waals surface area contributed by atoms with Gasteiger partial charge in [-0.25, -0.2) is 9.63 Å². The van der Waals surface area contributed by atoms with Gasteiger partial charge in [0.05, 0.1) is 11.1 Å². The van der Waals surface area contributed by atoms with Gasteiger partial charge in [-0.2, -0.15) is 13.5 Å². The number of nitrogens with zero attached hydrogens (tertiary/aromatic N) is 1. The van der Waals surface area contributed by atoms with E-state index in [0.29, 0.717) is 5.56 Å². The van der Waals surface area contributed by atoms with Crippen LogP contribution in [0.4, 0.5) is 4.79 Å². The summed E-state index contributed by atoms with van der Waals surface area (Å²) in [6, 6.07) is 14.2. The highest BCUT2D eigenvalue weighted by Gasteiger charge is 2.22. The van der Waals surface area contributed by atoms with Crippen LogP contribution in [0.25, 0.3) is 6.08 Å². The van der Waals surface area contributed by atoms with Gasteiger partial charge in [0.25, 0.3) is 15.9 Å². The Kier molecular flexibility index (Phi) is 4.81. The SMILES string of the molecule is O=C1NC(=O)/C(=C/c2ccc(S(=O)(=O)N/N=C\c3ccccc3)cc2)N1. The molecular formula is C17H14N4O4S. The van der Waals surface area contributed by atoms with Crippen molar-refractivity contribution in [3.05, 3.63) is 71.4 Å². The number of hydrazone groups is 1. The van der Waals surface area contributed by atoms with E-state index in [1.54, 1.807) is 12.1 Å². The topological polar surface area (TPSA) is 117 Å². The van der Waals surface area contributed by atoms with Crippen LogP contribution in [0.2, 0.25) is 0 Å². The summed E-state index contributed by atoms with van der Waals surface area (Å²) in [6.45, 7) is 0. The van der Waals surface area contributed by atoms with E-state index in [-0.39, 0.29) is 10.6 Å². The maximum Gasteiger partial charge on any atom is 0.326 e. The summed E-state index contributed by atoms with van der Waals surface area (Å²) in [4.78, 5) is 24.7. The van der Waals surface area contributed by atoms with E-state index >= 15 is 0 Å². The van der Waals surface area contributed by atoms with E-state index in [1.807, 2.05) is 18.2 Å². The van der Waals surface area contributed by atoms with Gasteiger partial charge in [-0.3, -0.25) is 10.1 Å². The Morgan fingerprint density at radius 1 is 0.885 bits per heavy atom. The molecule has 0 aromatic heterocycles. The van der Waals surface area contributed by atoms with Crippen LogP contribution in [0.3, 0.4) is 0 Å². The van der Waals surface area contributed by atoms with E-state index in [1.165, 1.54) is 36.6 Å². The predicted molar refractivity (Wildman–Crippen MR) is 95.5 cm³/mol. The van der Waals surface area contributed by atoms with Gasteiger partial charge < -0.3 is 5.32 Å². The van der Waals surface area contributed by atoms with Crippen molar-refractivity contribution < 1.29 is 18.0 Å². The van der Waals surface area contributed by atoms with Gasteiger partial charge >= 0.3 is 6.03 Å². The normalized spacial score (nSPS) is 15.9. The summed E-state index contributed by atoms with van der Waals surface area (Å²) in [5.74, 6) is -0.538. The molecule has 26 heavy (non-hydrogen) atoms. The number of benzene rings is 2. The molecule has 0 bridgehead atoms. The summed E-state index contributed by atoms with van der Waals surface area (Å²) in [7, 11) is -3.81. The van der Waals surface area contributed by atoms with Crippen LogP contribution in [0, 0.1) is 0 Å². The summed E-state index contributed by atoms with van der Waals surface area (Å²) < 4.78 is 24.4. The number of nitrogens with one attached hydrogen (secondary N) is 3. The van der Waals surface area contributed by atoms with Crippen LogP contribution >= 0.6 is 0 Å². The average molecular weight is 370 g/mol. The van der Waals surface area contributed by atoms with E-state index in [4.69, 9.17) is 0 Å². The highest BCUT2D eigenvalue weighted by atomic mass is 32.2. The molecule has 3 N–H and O–H groups in total. The van der Waals surface area contributed by atoms with Crippen LogP contribution in [-0.4, -0.2) is 26.6 Å². The van der Waals surface area contributed by atoms with Crippen molar-refractivity contribution in [3.63, 3.8) is 0 Å². The Labute approximate surface area is 149 Å². The maximum atomic E-state index is 12.2. The van der Waals surface area contributed by atoms with Gasteiger partial charge in [0.2, 0.25) is 0 Å². The number of urea groups is 1. The fourth-order valence-electron chi connectivity index (χ4n) is 2.15. The fraction of sp³-hybridized carbons (Fsp3) is 0. The Hall–Kier alpha value is -3.46. The number of carbonyl (C=O) groups is 2. The van der Waals surface area contributed by atoms with Crippen LogP contribution in [-0.2, 0) is 14.8 Å². The molecule has 1 heterocycles. The zero-order chi connectivity index (χ0) is 18.6. The number of imide groups is 1. The third-order valence-corrected chi connectivity index (χ3v) is 4.65. The first-order chi connectivity index (χ1) is 12.4. The second-order valence-electron chi connectivity index (χ2n) is 5.30. The maximum absolute atomic E-state index is 12.2. The molecule has 0 unspecified atom stereocenters. The molecule has 1 fully saturated rings. The van der Waals surface area contributed by atoms with Crippen LogP contribution < -0.4 is 15.5 Å². The smallest absolute Gasteiger partial charge is 0.303 e. The summed E-state index contributed by atoms with van der Waals surface area (Å²) in [5, 5.41) is 8.17. The van der Waals surface area contributed by atoms with Crippen LogP contribution in [0.15, 0.2) is 70.3 Å². The minimum atomic E-state index is -3.81. The molecule has 0 atom stereocenters. The third kappa shape index (κ3) is 4.14. The molecule has 2 aromatic rings. The molecule has 2 aromatic carbocycles. The van der Waals surface area contributed by atoms with E-state index < -0.39 is 22.0 Å². The van der Waals surface area contributed by atoms with Crippen molar-refractivity contribution in [3.8, 4) is 0 Å². The van der Waals surface area contributed by atoms with Gasteiger partial charge in [0.1, 0.15) is 5.70 Å². The van der Waals surface area contributed by atoms with Crippen LogP contribution in [0.1, 0.15) is 11.1 Å². The quantitative estimate of drug-likeness (QED) is 0.317. The molecule has 9 heteroatoms. The molecule has 0 radical (unpaired) electrons. The summed E-state index contributed by atoms with van der Waals surface area (Å²) >= 11 is 0. The highest BCUT2D eigenvalue weighted by molar-refractivity contribution is 7.89. The molecule has 1 saturated heterocycles. The number of sulfonamides is 1. The minimum absolute atomic E-state index is 0.0183. The lowest BCUT2D eigenvalue weighted by Gasteiger charge is -2.04. The van der Waals surface area contributed by atoms with E-state index in [0.717, 1.165) is 5.56 Å². The van der Waals surface area contributed by atoms with Gasteiger partial charge in [0, 0.05) is 0 Å². The monoisotopic (exact) mass is 370 g/mol. The van der Waals surface area contributed by atoms with E-state index in [2.05, 4.69) is 20.6 Å². The molecule has 132 valence electrons. The second-order valence-corrected chi connectivity index (χ2v) is 6.96. The van der Waals surface area contributed by atoms with Crippen molar-refractivity contribution in [1.29, 1.82) is 0 Å². The number of hydrogen-bond acceptors (Lipinski definition) is 5. The Morgan fingerprint density at radius 3 is 2.19 bits per heavy atom. The zero-order valence-electron chi connectivity index (χ0n) is 13.3. The van der Waals surface area contributed by atoms with Gasteiger partial charge in [0.15, 0.2) is 0 Å². The molecule has 1 aliphatic rings. The van der Waals surface area contributed by atoms with Crippen LogP contribution in [0.5, 0.6) is 0 Å². The lowest BCUT2D eigenvalue weighted by molar-refractivity contribution is -0.115. The lowest BCUT2D eigenvalue weighted by Crippen LogP contribution is -2.22. The standard InChI is InChI=1S/C17H14N4O4S/c22-16-15(19-17(23)20-16)10-12-6-8-14(9-7-12)26(24,25)21-18-11-13-4-2-1-3-5-13/h1-11,21H,(H2,19,20,22,23)/b15-10-,18-11-. The molecule has 1 aliphatic heterocycles. The van der Waals surface area contributed by atoms with E-state index in [9.17, 15) is 18.0 Å². The summed E-state index contributed by atoms with van der Waals surface area (Å²) in [6.07, 6.45) is 2.84. The zero-order valence-corrected chi connectivity index (χ0v) is 14.2. The Morgan fingerprint density at radius 2 is 1.58 bits per heavy atom. The number of rotatable bonds is 5. The van der Waals surface area contributed by atoms with Crippen molar-refractivity contribution in [2.24, 2.45) is 5.10 Å². The molecule has 0 aliphatic carbocycles. The third-order valence-electron chi connectivity index (χ3n) is 3.41. The number of hydrogen-bond donors (Lipinski definition) is 3. The van der Waals surface area contributed by atoms with Crippen molar-refractivity contribution in [2.75, 3.05) is 0 Å². The minimum Gasteiger partial charge on any atom is -0.303 e. The van der Waals surface area contributed by atoms with Gasteiger partial charge in [-0.05, 0) is 29.3 Å². The molecule has 3 amide bonds. The van der Waals surface area contributed by atoms with Crippen molar-refractivity contribution in [2.45, 2.75) is 4.90 Å². The Bertz CT molecular complexity index is 997. The second kappa shape index (κ2) is 7.19. The largest absolute Gasteiger partial charge is 0.326 e. The number of carbonyl (C=O) groups excluding carboxylic acids is 2. The molecule has 3 rings (SSSR count). The first-order valence-electron chi connectivity index (χ1n) is 7.48. The molecule has 0 saturated carbocycles. The van der Waals surface area contributed by atoms with Crippen molar-refractivity contribution >= 4 is 34.3 Å². The average Bonchev–Trinajstić information content (AvgIpc) is 2.93. The first kappa shape index (κ1) is 17.4. The fourth-order valence-corrected chi connectivity index (χ4v) is 2.95. The predicted octanol–water partition coefficient (Wildman–Crippen LogP) is 1.18. The van der Waals surface area contributed by atoms with Gasteiger partial charge in [-0.1, -0.05) is 42.5 Å². The summed E-state index contributed by atoms with van der Waals surface area (Å²) in [5.41, 5.74) is 1.41. The molecule has 8 nitrogen and oxygen atoms in total. The Balaban J connectivity index is 1.71. The first-order valence-corrected chi connectivity index (χ1v) is 8.96. The van der Waals surface area contributed by atoms with Gasteiger partial charge in [-0.15, -0.1) is 0 Å². The lowest BCUT2D eigenvalue weighted by atomic mass is 10.2. The highest BCUT2D eigenvalue weighted by Crippen LogP contribution is 2.13. The van der Waals surface area contributed by atoms with Crippen molar-refractivity contribution in [1.82, 2.24) is 15.5 Å². The molecule has 0 spiro atoms. The molecular weight excluding hydrogens is 356 g/mol.